The molecule has 5 nitrogen and oxygen atoms in total. The standard InChI is InChI=1S/C23H29ClN2O3/c1-17(27)19-5-9-22(10-6-19)26-13-11-25(12-14-26)15-23(28)16-29-18(2)20-3-7-21(24)8-4-20/h3-10,18,23,28H,11-16H2,1-2H3/p+1/t18-,23-/m1/s1. The normalized spacial score (nSPS) is 17.2. The van der Waals surface area contributed by atoms with Crippen molar-refractivity contribution in [3.05, 3.63) is 64.7 Å². The highest BCUT2D eigenvalue weighted by atomic mass is 35.5. The van der Waals surface area contributed by atoms with Crippen LogP contribution < -0.4 is 9.80 Å². The Balaban J connectivity index is 1.40. The fourth-order valence-corrected chi connectivity index (χ4v) is 3.80. The number of carbonyl (C=O) groups excluding carboxylic acids is 1. The number of hydrogen-bond donors (Lipinski definition) is 2. The summed E-state index contributed by atoms with van der Waals surface area (Å²) in [6.45, 7) is 8.39. The topological polar surface area (TPSA) is 54.2 Å². The molecule has 0 spiro atoms. The van der Waals surface area contributed by atoms with Gasteiger partial charge in [0.05, 0.1) is 38.9 Å². The van der Waals surface area contributed by atoms with Crippen molar-refractivity contribution in [2.24, 2.45) is 0 Å². The van der Waals surface area contributed by atoms with E-state index in [4.69, 9.17) is 16.3 Å². The lowest BCUT2D eigenvalue weighted by atomic mass is 10.1. The third-order valence-electron chi connectivity index (χ3n) is 5.51. The molecule has 0 unspecified atom stereocenters. The van der Waals surface area contributed by atoms with Gasteiger partial charge >= 0.3 is 0 Å². The molecule has 0 aromatic heterocycles. The van der Waals surface area contributed by atoms with Gasteiger partial charge in [-0.05, 0) is 55.8 Å². The summed E-state index contributed by atoms with van der Waals surface area (Å²) in [7, 11) is 0. The lowest BCUT2D eigenvalue weighted by Crippen LogP contribution is -3.16. The molecule has 156 valence electrons. The highest BCUT2D eigenvalue weighted by Gasteiger charge is 2.23. The van der Waals surface area contributed by atoms with Crippen molar-refractivity contribution >= 4 is 23.1 Å². The molecule has 1 fully saturated rings. The molecule has 0 radical (unpaired) electrons. The number of ether oxygens (including phenoxy) is 1. The Labute approximate surface area is 177 Å². The molecule has 1 saturated heterocycles. The van der Waals surface area contributed by atoms with Crippen LogP contribution in [0, 0.1) is 0 Å². The summed E-state index contributed by atoms with van der Waals surface area (Å²) in [6.07, 6.45) is -0.562. The summed E-state index contributed by atoms with van der Waals surface area (Å²) in [5.74, 6) is 0.0902. The third kappa shape index (κ3) is 6.28. The van der Waals surface area contributed by atoms with Gasteiger partial charge in [0.2, 0.25) is 0 Å². The summed E-state index contributed by atoms with van der Waals surface area (Å²) in [6, 6.07) is 15.4. The second kappa shape index (κ2) is 10.2. The van der Waals surface area contributed by atoms with Gasteiger partial charge in [-0.1, -0.05) is 23.7 Å². The number of aliphatic hydroxyl groups is 1. The van der Waals surface area contributed by atoms with Crippen LogP contribution in [0.25, 0.3) is 0 Å². The number of carbonyl (C=O) groups is 1. The number of Topliss-reactive ketones (excluding diaryl/α,β-unsaturated/α-hetero) is 1. The highest BCUT2D eigenvalue weighted by Crippen LogP contribution is 2.19. The number of nitrogens with one attached hydrogen (secondary N) is 1. The van der Waals surface area contributed by atoms with Crippen molar-refractivity contribution in [1.82, 2.24) is 0 Å². The van der Waals surface area contributed by atoms with E-state index in [1.807, 2.05) is 55.5 Å². The number of ketones is 1. The summed E-state index contributed by atoms with van der Waals surface area (Å²) in [5.41, 5.74) is 2.95. The van der Waals surface area contributed by atoms with Gasteiger partial charge in [0.1, 0.15) is 12.6 Å². The summed E-state index contributed by atoms with van der Waals surface area (Å²) >= 11 is 5.92. The number of quaternary nitrogens is 1. The van der Waals surface area contributed by atoms with Gasteiger partial charge in [0.25, 0.3) is 0 Å². The zero-order valence-electron chi connectivity index (χ0n) is 17.1. The van der Waals surface area contributed by atoms with E-state index in [0.717, 1.165) is 43.0 Å². The van der Waals surface area contributed by atoms with Crippen LogP contribution in [0.15, 0.2) is 48.5 Å². The molecule has 2 atom stereocenters. The average molecular weight is 418 g/mol. The number of aliphatic hydroxyl groups excluding tert-OH is 1. The maximum absolute atomic E-state index is 11.4. The summed E-state index contributed by atoms with van der Waals surface area (Å²) in [4.78, 5) is 15.1. The molecule has 29 heavy (non-hydrogen) atoms. The lowest BCUT2D eigenvalue weighted by molar-refractivity contribution is -0.903. The second-order valence-corrected chi connectivity index (χ2v) is 8.16. The number of anilines is 1. The molecule has 2 N–H and O–H groups in total. The Bertz CT molecular complexity index is 787. The van der Waals surface area contributed by atoms with Crippen molar-refractivity contribution in [2.45, 2.75) is 26.1 Å². The molecule has 2 aromatic carbocycles. The number of rotatable bonds is 8. The Morgan fingerprint density at radius 2 is 1.76 bits per heavy atom. The summed E-state index contributed by atoms with van der Waals surface area (Å²) < 4.78 is 5.85. The molecule has 3 rings (SSSR count). The van der Waals surface area contributed by atoms with Crippen molar-refractivity contribution in [3.8, 4) is 0 Å². The van der Waals surface area contributed by atoms with Crippen molar-refractivity contribution < 1.29 is 19.5 Å². The monoisotopic (exact) mass is 417 g/mol. The van der Waals surface area contributed by atoms with E-state index in [2.05, 4.69) is 4.90 Å². The smallest absolute Gasteiger partial charge is 0.159 e. The summed E-state index contributed by atoms with van der Waals surface area (Å²) in [5, 5.41) is 11.1. The quantitative estimate of drug-likeness (QED) is 0.647. The first-order valence-electron chi connectivity index (χ1n) is 10.2. The van der Waals surface area contributed by atoms with Crippen molar-refractivity contribution in [1.29, 1.82) is 0 Å². The van der Waals surface area contributed by atoms with Gasteiger partial charge in [-0.3, -0.25) is 4.79 Å². The van der Waals surface area contributed by atoms with Crippen LogP contribution in [0.1, 0.15) is 35.9 Å². The minimum Gasteiger partial charge on any atom is -0.385 e. The first-order valence-corrected chi connectivity index (χ1v) is 10.5. The van der Waals surface area contributed by atoms with Crippen molar-refractivity contribution in [2.75, 3.05) is 44.2 Å². The van der Waals surface area contributed by atoms with E-state index >= 15 is 0 Å². The maximum Gasteiger partial charge on any atom is 0.159 e. The van der Waals surface area contributed by atoms with E-state index in [-0.39, 0.29) is 11.9 Å². The largest absolute Gasteiger partial charge is 0.385 e. The van der Waals surface area contributed by atoms with Gasteiger partial charge < -0.3 is 19.6 Å². The van der Waals surface area contributed by atoms with Gasteiger partial charge in [-0.2, -0.15) is 0 Å². The Hall–Kier alpha value is -1.92. The van der Waals surface area contributed by atoms with Crippen LogP contribution in [0.3, 0.4) is 0 Å². The van der Waals surface area contributed by atoms with Crippen LogP contribution in [0.4, 0.5) is 5.69 Å². The molecule has 1 aliphatic heterocycles. The first kappa shape index (κ1) is 21.8. The average Bonchev–Trinajstić information content (AvgIpc) is 2.73. The van der Waals surface area contributed by atoms with E-state index in [9.17, 15) is 9.90 Å². The number of halogens is 1. The van der Waals surface area contributed by atoms with Gasteiger partial charge in [-0.25, -0.2) is 0 Å². The molecule has 1 aliphatic rings. The molecule has 2 aromatic rings. The van der Waals surface area contributed by atoms with Gasteiger partial charge in [-0.15, -0.1) is 0 Å². The van der Waals surface area contributed by atoms with Crippen LogP contribution in [-0.4, -0.2) is 56.3 Å². The maximum atomic E-state index is 11.4. The van der Waals surface area contributed by atoms with Gasteiger partial charge in [0, 0.05) is 16.3 Å². The molecule has 0 aliphatic carbocycles. The minimum atomic E-state index is -0.485. The predicted molar refractivity (Wildman–Crippen MR) is 116 cm³/mol. The Morgan fingerprint density at radius 1 is 1.14 bits per heavy atom. The minimum absolute atomic E-state index is 0.0771. The van der Waals surface area contributed by atoms with Gasteiger partial charge in [0.15, 0.2) is 5.78 Å². The zero-order chi connectivity index (χ0) is 20.8. The molecule has 1 heterocycles. The number of piperazine rings is 1. The first-order chi connectivity index (χ1) is 13.9. The molecular formula is C23H30ClN2O3+. The molecule has 6 heteroatoms. The fraction of sp³-hybridized carbons (Fsp3) is 0.435. The van der Waals surface area contributed by atoms with E-state index in [0.29, 0.717) is 18.2 Å². The Morgan fingerprint density at radius 3 is 2.34 bits per heavy atom. The lowest BCUT2D eigenvalue weighted by Gasteiger charge is -2.34. The van der Waals surface area contributed by atoms with Crippen LogP contribution in [0.5, 0.6) is 0 Å². The second-order valence-electron chi connectivity index (χ2n) is 7.73. The van der Waals surface area contributed by atoms with E-state index in [1.54, 1.807) is 6.92 Å². The number of benzene rings is 2. The highest BCUT2D eigenvalue weighted by molar-refractivity contribution is 6.30. The molecule has 0 bridgehead atoms. The molecular weight excluding hydrogens is 388 g/mol. The van der Waals surface area contributed by atoms with Crippen LogP contribution >= 0.6 is 11.6 Å². The van der Waals surface area contributed by atoms with E-state index < -0.39 is 6.10 Å². The van der Waals surface area contributed by atoms with E-state index in [1.165, 1.54) is 4.90 Å². The van der Waals surface area contributed by atoms with Crippen molar-refractivity contribution in [3.63, 3.8) is 0 Å². The molecule has 0 saturated carbocycles. The zero-order valence-corrected chi connectivity index (χ0v) is 17.9. The number of nitrogens with zero attached hydrogens (tertiary/aromatic N) is 1. The number of hydrogen-bond acceptors (Lipinski definition) is 4. The fourth-order valence-electron chi connectivity index (χ4n) is 3.67. The molecule has 0 amide bonds. The predicted octanol–water partition coefficient (Wildman–Crippen LogP) is 2.39. The van der Waals surface area contributed by atoms with Crippen LogP contribution in [-0.2, 0) is 4.74 Å². The Kier molecular flexibility index (Phi) is 7.67. The van der Waals surface area contributed by atoms with Crippen LogP contribution in [0.2, 0.25) is 5.02 Å². The third-order valence-corrected chi connectivity index (χ3v) is 5.76. The SMILES string of the molecule is CC(=O)c1ccc(N2CC[NH+](C[C@@H](O)CO[C@H](C)c3ccc(Cl)cc3)CC2)cc1.